The molecule has 0 amide bonds. The fourth-order valence-corrected chi connectivity index (χ4v) is 2.85. The third kappa shape index (κ3) is 2.50. The highest BCUT2D eigenvalue weighted by Gasteiger charge is 2.30. The van der Waals surface area contributed by atoms with Crippen molar-refractivity contribution in [2.45, 2.75) is 45.2 Å². The lowest BCUT2D eigenvalue weighted by atomic mass is 10.1. The highest BCUT2D eigenvalue weighted by atomic mass is 15.2. The Morgan fingerprint density at radius 1 is 1.30 bits per heavy atom. The van der Waals surface area contributed by atoms with E-state index in [4.69, 9.17) is 5.73 Å². The molecule has 1 aliphatic carbocycles. The second kappa shape index (κ2) is 5.80. The number of hydrogen-bond donors (Lipinski definition) is 1. The summed E-state index contributed by atoms with van der Waals surface area (Å²) in [5.41, 5.74) is 9.53. The molecule has 3 nitrogen and oxygen atoms in total. The van der Waals surface area contributed by atoms with E-state index >= 15 is 0 Å². The zero-order chi connectivity index (χ0) is 13.9. The lowest BCUT2D eigenvalue weighted by molar-refractivity contribution is 0.711. The van der Waals surface area contributed by atoms with Crippen LogP contribution in [-0.2, 0) is 6.54 Å². The predicted octanol–water partition coefficient (Wildman–Crippen LogP) is 3.46. The molecule has 106 valence electrons. The van der Waals surface area contributed by atoms with Gasteiger partial charge >= 0.3 is 0 Å². The van der Waals surface area contributed by atoms with Crippen LogP contribution in [0.4, 0.5) is 5.69 Å². The number of aromatic nitrogens is 1. The first-order valence-corrected chi connectivity index (χ1v) is 7.68. The molecule has 0 saturated heterocycles. The Bertz CT molecular complexity index is 590. The number of para-hydroxylation sites is 1. The zero-order valence-corrected chi connectivity index (χ0v) is 12.2. The molecule has 3 heteroatoms. The lowest BCUT2D eigenvalue weighted by Gasteiger charge is -2.28. The van der Waals surface area contributed by atoms with Crippen molar-refractivity contribution in [3.8, 4) is 0 Å². The van der Waals surface area contributed by atoms with Gasteiger partial charge in [-0.25, -0.2) is 0 Å². The second-order valence-electron chi connectivity index (χ2n) is 5.63. The van der Waals surface area contributed by atoms with Gasteiger partial charge in [-0.2, -0.15) is 0 Å². The van der Waals surface area contributed by atoms with E-state index in [-0.39, 0.29) is 0 Å². The number of fused-ring (bicyclic) bond motifs is 1. The summed E-state index contributed by atoms with van der Waals surface area (Å²) >= 11 is 0. The third-order valence-corrected chi connectivity index (χ3v) is 4.07. The highest BCUT2D eigenvalue weighted by Crippen LogP contribution is 2.37. The van der Waals surface area contributed by atoms with Gasteiger partial charge in [-0.05, 0) is 25.3 Å². The van der Waals surface area contributed by atoms with Gasteiger partial charge in [0.1, 0.15) is 0 Å². The van der Waals surface area contributed by atoms with Gasteiger partial charge in [-0.3, -0.25) is 4.98 Å². The van der Waals surface area contributed by atoms with Crippen molar-refractivity contribution < 1.29 is 0 Å². The average Bonchev–Trinajstić information content (AvgIpc) is 3.32. The van der Waals surface area contributed by atoms with Gasteiger partial charge in [0.05, 0.1) is 11.2 Å². The Labute approximate surface area is 120 Å². The van der Waals surface area contributed by atoms with Crippen molar-refractivity contribution in [1.29, 1.82) is 0 Å². The maximum absolute atomic E-state index is 5.96. The van der Waals surface area contributed by atoms with E-state index in [1.807, 2.05) is 6.20 Å². The summed E-state index contributed by atoms with van der Waals surface area (Å²) < 4.78 is 0. The van der Waals surface area contributed by atoms with Crippen molar-refractivity contribution in [2.75, 3.05) is 11.4 Å². The molecule has 3 rings (SSSR count). The van der Waals surface area contributed by atoms with Gasteiger partial charge in [0.15, 0.2) is 0 Å². The summed E-state index contributed by atoms with van der Waals surface area (Å²) in [5.74, 6) is 0. The second-order valence-corrected chi connectivity index (χ2v) is 5.63. The van der Waals surface area contributed by atoms with E-state index in [2.05, 4.69) is 41.1 Å². The van der Waals surface area contributed by atoms with Crippen molar-refractivity contribution in [2.24, 2.45) is 5.73 Å². The first-order valence-electron chi connectivity index (χ1n) is 7.68. The number of unbranched alkanes of at least 4 members (excludes halogenated alkanes) is 1. The van der Waals surface area contributed by atoms with Gasteiger partial charge in [0, 0.05) is 36.3 Å². The Kier molecular flexibility index (Phi) is 3.88. The van der Waals surface area contributed by atoms with Crippen molar-refractivity contribution in [3.05, 3.63) is 36.0 Å². The minimum Gasteiger partial charge on any atom is -0.368 e. The molecule has 1 saturated carbocycles. The Morgan fingerprint density at radius 3 is 2.80 bits per heavy atom. The molecular weight excluding hydrogens is 246 g/mol. The van der Waals surface area contributed by atoms with E-state index in [0.717, 1.165) is 12.1 Å². The number of hydrogen-bond acceptors (Lipinski definition) is 3. The Hall–Kier alpha value is -1.61. The van der Waals surface area contributed by atoms with Crippen LogP contribution in [0.1, 0.15) is 38.2 Å². The molecule has 20 heavy (non-hydrogen) atoms. The normalized spacial score (nSPS) is 14.7. The first kappa shape index (κ1) is 13.4. The van der Waals surface area contributed by atoms with E-state index < -0.39 is 0 Å². The molecular formula is C17H23N3. The van der Waals surface area contributed by atoms with Crippen LogP contribution >= 0.6 is 0 Å². The van der Waals surface area contributed by atoms with Crippen LogP contribution in [0, 0.1) is 0 Å². The SMILES string of the molecule is CCCCN(c1c(CN)cnc2ccccc12)C1CC1. The molecule has 0 bridgehead atoms. The monoisotopic (exact) mass is 269 g/mol. The van der Waals surface area contributed by atoms with Crippen LogP contribution in [0.2, 0.25) is 0 Å². The molecule has 0 unspecified atom stereocenters. The standard InChI is InChI=1S/C17H23N3/c1-2-3-10-20(14-8-9-14)17-13(11-18)12-19-16-7-5-4-6-15(16)17/h4-7,12,14H,2-3,8-11,18H2,1H3. The maximum Gasteiger partial charge on any atom is 0.0723 e. The van der Waals surface area contributed by atoms with Crippen molar-refractivity contribution in [3.63, 3.8) is 0 Å². The van der Waals surface area contributed by atoms with E-state index in [1.165, 1.54) is 42.3 Å². The van der Waals surface area contributed by atoms with E-state index in [0.29, 0.717) is 12.6 Å². The van der Waals surface area contributed by atoms with Crippen LogP contribution in [0.25, 0.3) is 10.9 Å². The fraction of sp³-hybridized carbons (Fsp3) is 0.471. The number of pyridine rings is 1. The fourth-order valence-electron chi connectivity index (χ4n) is 2.85. The molecule has 1 heterocycles. The summed E-state index contributed by atoms with van der Waals surface area (Å²) in [6, 6.07) is 9.12. The van der Waals surface area contributed by atoms with Crippen LogP contribution in [0.15, 0.2) is 30.5 Å². The minimum absolute atomic E-state index is 0.558. The minimum atomic E-state index is 0.558. The summed E-state index contributed by atoms with van der Waals surface area (Å²) in [6.45, 7) is 3.93. The van der Waals surface area contributed by atoms with Crippen LogP contribution in [-0.4, -0.2) is 17.6 Å². The molecule has 0 radical (unpaired) electrons. The Morgan fingerprint density at radius 2 is 2.10 bits per heavy atom. The largest absolute Gasteiger partial charge is 0.368 e. The molecule has 1 aliphatic rings. The highest BCUT2D eigenvalue weighted by molar-refractivity contribution is 5.93. The van der Waals surface area contributed by atoms with Crippen molar-refractivity contribution >= 4 is 16.6 Å². The summed E-state index contributed by atoms with van der Waals surface area (Å²) in [7, 11) is 0. The van der Waals surface area contributed by atoms with E-state index in [9.17, 15) is 0 Å². The number of nitrogens with two attached hydrogens (primary N) is 1. The molecule has 2 N–H and O–H groups in total. The lowest BCUT2D eigenvalue weighted by Crippen LogP contribution is -2.28. The topological polar surface area (TPSA) is 42.1 Å². The molecule has 1 aromatic heterocycles. The molecule has 0 aliphatic heterocycles. The predicted molar refractivity (Wildman–Crippen MR) is 84.9 cm³/mol. The Balaban J connectivity index is 2.10. The number of nitrogens with zero attached hydrogens (tertiary/aromatic N) is 2. The van der Waals surface area contributed by atoms with Crippen molar-refractivity contribution in [1.82, 2.24) is 4.98 Å². The molecule has 2 aromatic rings. The average molecular weight is 269 g/mol. The van der Waals surface area contributed by atoms with Crippen LogP contribution in [0.3, 0.4) is 0 Å². The van der Waals surface area contributed by atoms with Crippen LogP contribution in [0.5, 0.6) is 0 Å². The van der Waals surface area contributed by atoms with Gasteiger partial charge in [-0.15, -0.1) is 0 Å². The first-order chi connectivity index (χ1) is 9.85. The maximum atomic E-state index is 5.96. The van der Waals surface area contributed by atoms with Crippen LogP contribution < -0.4 is 10.6 Å². The number of anilines is 1. The quantitative estimate of drug-likeness (QED) is 0.873. The van der Waals surface area contributed by atoms with Gasteiger partial charge < -0.3 is 10.6 Å². The smallest absolute Gasteiger partial charge is 0.0723 e. The third-order valence-electron chi connectivity index (χ3n) is 4.07. The number of benzene rings is 1. The molecule has 1 fully saturated rings. The molecule has 0 spiro atoms. The van der Waals surface area contributed by atoms with Gasteiger partial charge in [-0.1, -0.05) is 31.5 Å². The summed E-state index contributed by atoms with van der Waals surface area (Å²) in [5, 5.41) is 1.25. The van der Waals surface area contributed by atoms with E-state index in [1.54, 1.807) is 0 Å². The molecule has 0 atom stereocenters. The van der Waals surface area contributed by atoms with Gasteiger partial charge in [0.25, 0.3) is 0 Å². The van der Waals surface area contributed by atoms with Gasteiger partial charge in [0.2, 0.25) is 0 Å². The summed E-state index contributed by atoms with van der Waals surface area (Å²) in [6.07, 6.45) is 7.04. The summed E-state index contributed by atoms with van der Waals surface area (Å²) in [4.78, 5) is 7.13. The number of rotatable bonds is 6. The zero-order valence-electron chi connectivity index (χ0n) is 12.2. The molecule has 1 aromatic carbocycles.